The Bertz CT molecular complexity index is 334. The van der Waals surface area contributed by atoms with E-state index in [0.717, 1.165) is 25.3 Å². The Kier molecular flexibility index (Phi) is 5.49. The van der Waals surface area contributed by atoms with Gasteiger partial charge in [0.05, 0.1) is 12.3 Å². The standard InChI is InChI=1S/C12H20N2OS/c1-10(2)5-8-15-9-7-14-6-3-4-11(14)12(13)16/h3-4,6,10H,5,7-9H2,1-2H3,(H2,13,16). The molecule has 0 fully saturated rings. The Labute approximate surface area is 103 Å². The van der Waals surface area contributed by atoms with E-state index in [2.05, 4.69) is 13.8 Å². The number of hydrogen-bond acceptors (Lipinski definition) is 2. The van der Waals surface area contributed by atoms with Gasteiger partial charge in [0, 0.05) is 19.3 Å². The molecule has 0 aliphatic rings. The summed E-state index contributed by atoms with van der Waals surface area (Å²) in [5.41, 5.74) is 6.50. The molecule has 0 amide bonds. The van der Waals surface area contributed by atoms with E-state index in [9.17, 15) is 0 Å². The van der Waals surface area contributed by atoms with Crippen LogP contribution in [0.15, 0.2) is 18.3 Å². The second-order valence-electron chi connectivity index (χ2n) is 4.25. The first-order chi connectivity index (χ1) is 7.61. The zero-order valence-corrected chi connectivity index (χ0v) is 10.8. The first-order valence-electron chi connectivity index (χ1n) is 5.64. The maximum Gasteiger partial charge on any atom is 0.120 e. The molecule has 0 atom stereocenters. The van der Waals surface area contributed by atoms with Crippen LogP contribution in [0.3, 0.4) is 0 Å². The molecule has 0 saturated heterocycles. The zero-order chi connectivity index (χ0) is 12.0. The van der Waals surface area contributed by atoms with E-state index < -0.39 is 0 Å². The van der Waals surface area contributed by atoms with Gasteiger partial charge in [-0.1, -0.05) is 26.1 Å². The van der Waals surface area contributed by atoms with Gasteiger partial charge in [-0.3, -0.25) is 0 Å². The predicted molar refractivity (Wildman–Crippen MR) is 70.6 cm³/mol. The molecule has 0 bridgehead atoms. The van der Waals surface area contributed by atoms with Gasteiger partial charge < -0.3 is 15.0 Å². The van der Waals surface area contributed by atoms with Crippen LogP contribution in [0.2, 0.25) is 0 Å². The normalized spacial score (nSPS) is 10.9. The highest BCUT2D eigenvalue weighted by Gasteiger charge is 2.02. The Hall–Kier alpha value is -0.870. The van der Waals surface area contributed by atoms with Gasteiger partial charge >= 0.3 is 0 Å². The fourth-order valence-electron chi connectivity index (χ4n) is 1.42. The minimum atomic E-state index is 0.437. The van der Waals surface area contributed by atoms with E-state index >= 15 is 0 Å². The minimum Gasteiger partial charge on any atom is -0.388 e. The van der Waals surface area contributed by atoms with E-state index in [1.165, 1.54) is 0 Å². The van der Waals surface area contributed by atoms with Crippen molar-refractivity contribution < 1.29 is 4.74 Å². The summed E-state index contributed by atoms with van der Waals surface area (Å²) in [4.78, 5) is 0.437. The summed E-state index contributed by atoms with van der Waals surface area (Å²) in [6.45, 7) is 6.72. The molecule has 1 rings (SSSR count). The Morgan fingerprint density at radius 2 is 2.25 bits per heavy atom. The molecule has 0 radical (unpaired) electrons. The Balaban J connectivity index is 2.27. The number of aromatic nitrogens is 1. The van der Waals surface area contributed by atoms with Crippen LogP contribution in [0, 0.1) is 5.92 Å². The molecule has 90 valence electrons. The highest BCUT2D eigenvalue weighted by atomic mass is 32.1. The van der Waals surface area contributed by atoms with Crippen LogP contribution in [0.1, 0.15) is 26.0 Å². The van der Waals surface area contributed by atoms with Crippen LogP contribution in [0.4, 0.5) is 0 Å². The maximum absolute atomic E-state index is 5.60. The summed E-state index contributed by atoms with van der Waals surface area (Å²) < 4.78 is 7.57. The summed E-state index contributed by atoms with van der Waals surface area (Å²) in [6, 6.07) is 3.87. The van der Waals surface area contributed by atoms with Crippen LogP contribution >= 0.6 is 12.2 Å². The average molecular weight is 240 g/mol. The number of ether oxygens (including phenoxy) is 1. The molecule has 0 spiro atoms. The lowest BCUT2D eigenvalue weighted by Gasteiger charge is -2.09. The molecule has 0 aliphatic heterocycles. The summed E-state index contributed by atoms with van der Waals surface area (Å²) in [5.74, 6) is 0.693. The number of nitrogens with zero attached hydrogens (tertiary/aromatic N) is 1. The van der Waals surface area contributed by atoms with Crippen molar-refractivity contribution in [3.05, 3.63) is 24.0 Å². The van der Waals surface area contributed by atoms with E-state index in [1.807, 2.05) is 22.9 Å². The molecule has 3 nitrogen and oxygen atoms in total. The Morgan fingerprint density at radius 3 is 2.88 bits per heavy atom. The SMILES string of the molecule is CC(C)CCOCCn1cccc1C(N)=S. The predicted octanol–water partition coefficient (Wildman–Crippen LogP) is 2.19. The molecule has 1 aromatic rings. The van der Waals surface area contributed by atoms with Gasteiger partial charge in [-0.05, 0) is 24.5 Å². The monoisotopic (exact) mass is 240 g/mol. The first-order valence-corrected chi connectivity index (χ1v) is 6.04. The molecule has 1 aromatic heterocycles. The van der Waals surface area contributed by atoms with Gasteiger partial charge in [0.15, 0.2) is 0 Å². The van der Waals surface area contributed by atoms with Crippen molar-refractivity contribution in [3.8, 4) is 0 Å². The zero-order valence-electron chi connectivity index (χ0n) is 9.98. The van der Waals surface area contributed by atoms with Crippen LogP contribution < -0.4 is 5.73 Å². The molecule has 2 N–H and O–H groups in total. The molecule has 0 aliphatic carbocycles. The minimum absolute atomic E-state index is 0.437. The first kappa shape index (κ1) is 13.2. The lowest BCUT2D eigenvalue weighted by molar-refractivity contribution is 0.116. The van der Waals surface area contributed by atoms with Crippen LogP contribution in [0.25, 0.3) is 0 Å². The Morgan fingerprint density at radius 1 is 1.50 bits per heavy atom. The van der Waals surface area contributed by atoms with Gasteiger partial charge in [-0.2, -0.15) is 0 Å². The maximum atomic E-state index is 5.60. The molecule has 4 heteroatoms. The lowest BCUT2D eigenvalue weighted by Crippen LogP contribution is -2.17. The molecule has 0 saturated carbocycles. The molecule has 0 unspecified atom stereocenters. The largest absolute Gasteiger partial charge is 0.388 e. The third-order valence-electron chi connectivity index (χ3n) is 2.40. The highest BCUT2D eigenvalue weighted by Crippen LogP contribution is 2.03. The summed E-state index contributed by atoms with van der Waals surface area (Å²) in [5, 5.41) is 0. The highest BCUT2D eigenvalue weighted by molar-refractivity contribution is 7.80. The van der Waals surface area contributed by atoms with Gasteiger partial charge in [-0.25, -0.2) is 0 Å². The molecular formula is C12H20N2OS. The van der Waals surface area contributed by atoms with Crippen molar-refractivity contribution >= 4 is 17.2 Å². The van der Waals surface area contributed by atoms with Crippen molar-refractivity contribution in [2.24, 2.45) is 11.7 Å². The summed E-state index contributed by atoms with van der Waals surface area (Å²) in [7, 11) is 0. The van der Waals surface area contributed by atoms with E-state index in [1.54, 1.807) is 0 Å². The van der Waals surface area contributed by atoms with Gasteiger partial charge in [0.1, 0.15) is 4.99 Å². The van der Waals surface area contributed by atoms with E-state index in [-0.39, 0.29) is 0 Å². The van der Waals surface area contributed by atoms with Crippen LogP contribution in [-0.4, -0.2) is 22.8 Å². The number of nitrogens with two attached hydrogens (primary N) is 1. The van der Waals surface area contributed by atoms with Crippen molar-refractivity contribution in [2.75, 3.05) is 13.2 Å². The number of rotatable bonds is 7. The number of thiocarbonyl (C=S) groups is 1. The molecule has 0 aromatic carbocycles. The van der Waals surface area contributed by atoms with Crippen LogP contribution in [0.5, 0.6) is 0 Å². The van der Waals surface area contributed by atoms with Crippen molar-refractivity contribution in [3.63, 3.8) is 0 Å². The van der Waals surface area contributed by atoms with Crippen molar-refractivity contribution in [2.45, 2.75) is 26.8 Å². The smallest absolute Gasteiger partial charge is 0.120 e. The van der Waals surface area contributed by atoms with Crippen molar-refractivity contribution in [1.82, 2.24) is 4.57 Å². The second-order valence-corrected chi connectivity index (χ2v) is 4.69. The average Bonchev–Trinajstić information content (AvgIpc) is 2.65. The van der Waals surface area contributed by atoms with E-state index in [0.29, 0.717) is 17.5 Å². The van der Waals surface area contributed by atoms with Crippen LogP contribution in [-0.2, 0) is 11.3 Å². The fourth-order valence-corrected chi connectivity index (χ4v) is 1.60. The molecule has 1 heterocycles. The number of hydrogen-bond donors (Lipinski definition) is 1. The lowest BCUT2D eigenvalue weighted by atomic mass is 10.1. The van der Waals surface area contributed by atoms with Gasteiger partial charge in [0.2, 0.25) is 0 Å². The third-order valence-corrected chi connectivity index (χ3v) is 2.61. The second kappa shape index (κ2) is 6.66. The molecule has 16 heavy (non-hydrogen) atoms. The third kappa shape index (κ3) is 4.33. The van der Waals surface area contributed by atoms with Gasteiger partial charge in [-0.15, -0.1) is 0 Å². The molecular weight excluding hydrogens is 220 g/mol. The summed E-state index contributed by atoms with van der Waals surface area (Å²) in [6.07, 6.45) is 3.08. The topological polar surface area (TPSA) is 40.2 Å². The summed E-state index contributed by atoms with van der Waals surface area (Å²) >= 11 is 4.96. The quantitative estimate of drug-likeness (QED) is 0.586. The van der Waals surface area contributed by atoms with Crippen molar-refractivity contribution in [1.29, 1.82) is 0 Å². The fraction of sp³-hybridized carbons (Fsp3) is 0.583. The van der Waals surface area contributed by atoms with Gasteiger partial charge in [0.25, 0.3) is 0 Å². The van der Waals surface area contributed by atoms with E-state index in [4.69, 9.17) is 22.7 Å².